The van der Waals surface area contributed by atoms with Gasteiger partial charge in [0, 0.05) is 21.2 Å². The number of benzene rings is 3. The number of rotatable bonds is 4. The summed E-state index contributed by atoms with van der Waals surface area (Å²) < 4.78 is 0. The molecule has 0 saturated heterocycles. The van der Waals surface area contributed by atoms with Gasteiger partial charge in [-0.3, -0.25) is 0 Å². The first kappa shape index (κ1) is 18.5. The van der Waals surface area contributed by atoms with E-state index in [9.17, 15) is 0 Å². The van der Waals surface area contributed by atoms with Crippen molar-refractivity contribution in [1.82, 2.24) is 0 Å². The van der Waals surface area contributed by atoms with Crippen LogP contribution in [-0.4, -0.2) is 5.11 Å². The third-order valence-corrected chi connectivity index (χ3v) is 5.34. The molecule has 26 heavy (non-hydrogen) atoms. The quantitative estimate of drug-likeness (QED) is 0.501. The molecule has 0 unspecified atom stereocenters. The fraction of sp³-hybridized carbons (Fsp3) is 0.136. The molecule has 0 amide bonds. The molecule has 132 valence electrons. The molecule has 0 aromatic heterocycles. The van der Waals surface area contributed by atoms with Gasteiger partial charge in [-0.1, -0.05) is 41.6 Å². The summed E-state index contributed by atoms with van der Waals surface area (Å²) in [5.41, 5.74) is 5.76. The number of hydrogen-bond donors (Lipinski definition) is 2. The number of nitrogens with one attached hydrogen (secondary N) is 2. The average Bonchev–Trinajstić information content (AvgIpc) is 2.59. The average molecular weight is 379 g/mol. The van der Waals surface area contributed by atoms with Crippen molar-refractivity contribution < 1.29 is 0 Å². The smallest absolute Gasteiger partial charge is 0.175 e. The van der Waals surface area contributed by atoms with Crippen LogP contribution >= 0.6 is 24.0 Å². The molecule has 0 bridgehead atoms. The van der Waals surface area contributed by atoms with Crippen LogP contribution in [0.3, 0.4) is 0 Å². The number of thiocarbonyl (C=S) groups is 1. The van der Waals surface area contributed by atoms with Crippen molar-refractivity contribution in [2.45, 2.75) is 30.6 Å². The van der Waals surface area contributed by atoms with Gasteiger partial charge in [-0.15, -0.1) is 0 Å². The summed E-state index contributed by atoms with van der Waals surface area (Å²) in [6.07, 6.45) is 0. The van der Waals surface area contributed by atoms with Gasteiger partial charge in [0.1, 0.15) is 0 Å². The molecule has 0 aliphatic heterocycles. The first-order valence-electron chi connectivity index (χ1n) is 8.49. The Morgan fingerprint density at radius 3 is 2.15 bits per heavy atom. The Morgan fingerprint density at radius 1 is 0.769 bits per heavy atom. The second kappa shape index (κ2) is 8.39. The van der Waals surface area contributed by atoms with Gasteiger partial charge in [0.15, 0.2) is 5.11 Å². The minimum Gasteiger partial charge on any atom is -0.332 e. The maximum absolute atomic E-state index is 5.40. The second-order valence-electron chi connectivity index (χ2n) is 6.34. The molecule has 0 saturated carbocycles. The normalized spacial score (nSPS) is 10.4. The van der Waals surface area contributed by atoms with Gasteiger partial charge in [0.05, 0.1) is 0 Å². The molecule has 3 rings (SSSR count). The Kier molecular flexibility index (Phi) is 5.96. The fourth-order valence-electron chi connectivity index (χ4n) is 2.66. The molecular formula is C22H22N2S2. The van der Waals surface area contributed by atoms with E-state index in [-0.39, 0.29) is 0 Å². The highest BCUT2D eigenvalue weighted by atomic mass is 32.2. The van der Waals surface area contributed by atoms with E-state index in [0.717, 1.165) is 11.4 Å². The van der Waals surface area contributed by atoms with Gasteiger partial charge in [-0.05, 0) is 86.6 Å². The number of hydrogen-bond acceptors (Lipinski definition) is 2. The van der Waals surface area contributed by atoms with E-state index in [4.69, 9.17) is 12.2 Å². The van der Waals surface area contributed by atoms with Crippen LogP contribution in [0.5, 0.6) is 0 Å². The van der Waals surface area contributed by atoms with Crippen molar-refractivity contribution >= 4 is 40.5 Å². The summed E-state index contributed by atoms with van der Waals surface area (Å²) in [5, 5.41) is 7.03. The molecule has 0 heterocycles. The summed E-state index contributed by atoms with van der Waals surface area (Å²) in [7, 11) is 0. The summed E-state index contributed by atoms with van der Waals surface area (Å²) >= 11 is 7.18. The van der Waals surface area contributed by atoms with Crippen molar-refractivity contribution in [3.8, 4) is 0 Å². The lowest BCUT2D eigenvalue weighted by Crippen LogP contribution is -2.18. The maximum Gasteiger partial charge on any atom is 0.175 e. The second-order valence-corrected chi connectivity index (χ2v) is 7.87. The molecule has 0 aliphatic carbocycles. The summed E-state index contributed by atoms with van der Waals surface area (Å²) in [6.45, 7) is 6.34. The molecule has 0 aliphatic rings. The molecular weight excluding hydrogens is 356 g/mol. The minimum atomic E-state index is 0.588. The highest BCUT2D eigenvalue weighted by Crippen LogP contribution is 2.31. The largest absolute Gasteiger partial charge is 0.332 e. The van der Waals surface area contributed by atoms with Crippen molar-refractivity contribution in [2.24, 2.45) is 0 Å². The van der Waals surface area contributed by atoms with Gasteiger partial charge in [-0.25, -0.2) is 0 Å². The lowest BCUT2D eigenvalue weighted by molar-refractivity contribution is 1.26. The van der Waals surface area contributed by atoms with Crippen LogP contribution in [0.1, 0.15) is 16.7 Å². The van der Waals surface area contributed by atoms with E-state index < -0.39 is 0 Å². The van der Waals surface area contributed by atoms with Gasteiger partial charge in [0.25, 0.3) is 0 Å². The molecule has 2 N–H and O–H groups in total. The maximum atomic E-state index is 5.40. The molecule has 2 nitrogen and oxygen atoms in total. The van der Waals surface area contributed by atoms with Gasteiger partial charge < -0.3 is 10.6 Å². The highest BCUT2D eigenvalue weighted by molar-refractivity contribution is 7.99. The van der Waals surface area contributed by atoms with E-state index in [0.29, 0.717) is 5.11 Å². The zero-order valence-electron chi connectivity index (χ0n) is 15.2. The zero-order chi connectivity index (χ0) is 18.5. The molecule has 4 heteroatoms. The predicted molar refractivity (Wildman–Crippen MR) is 118 cm³/mol. The van der Waals surface area contributed by atoms with Crippen LogP contribution in [-0.2, 0) is 0 Å². The minimum absolute atomic E-state index is 0.588. The molecule has 0 radical (unpaired) electrons. The van der Waals surface area contributed by atoms with Gasteiger partial charge in [-0.2, -0.15) is 0 Å². The summed E-state index contributed by atoms with van der Waals surface area (Å²) in [6, 6.07) is 23.0. The topological polar surface area (TPSA) is 24.1 Å². The third-order valence-electron chi connectivity index (χ3n) is 3.95. The van der Waals surface area contributed by atoms with E-state index in [1.54, 1.807) is 11.8 Å². The Balaban J connectivity index is 1.61. The first-order chi connectivity index (χ1) is 12.5. The monoisotopic (exact) mass is 378 g/mol. The summed E-state index contributed by atoms with van der Waals surface area (Å²) in [5.74, 6) is 0. The molecule has 0 atom stereocenters. The van der Waals surface area contributed by atoms with Crippen molar-refractivity contribution in [1.29, 1.82) is 0 Å². The molecule has 3 aromatic rings. The SMILES string of the molecule is Cc1cccc(NC(=S)Nc2ccc(Sc3ccc(C)cc3C)cc2)c1. The third kappa shape index (κ3) is 5.10. The van der Waals surface area contributed by atoms with Crippen LogP contribution < -0.4 is 10.6 Å². The van der Waals surface area contributed by atoms with E-state index in [2.05, 4.69) is 86.0 Å². The van der Waals surface area contributed by atoms with Crippen LogP contribution in [0.25, 0.3) is 0 Å². The zero-order valence-corrected chi connectivity index (χ0v) is 16.8. The molecule has 0 spiro atoms. The van der Waals surface area contributed by atoms with Crippen molar-refractivity contribution in [2.75, 3.05) is 10.6 Å². The molecule has 0 fully saturated rings. The van der Waals surface area contributed by atoms with Crippen molar-refractivity contribution in [3.05, 3.63) is 83.4 Å². The first-order valence-corrected chi connectivity index (χ1v) is 9.72. The number of anilines is 2. The van der Waals surface area contributed by atoms with Crippen LogP contribution in [0, 0.1) is 20.8 Å². The van der Waals surface area contributed by atoms with E-state index >= 15 is 0 Å². The number of aryl methyl sites for hydroxylation is 3. The van der Waals surface area contributed by atoms with Crippen LogP contribution in [0.2, 0.25) is 0 Å². The molecule has 3 aromatic carbocycles. The van der Waals surface area contributed by atoms with Crippen LogP contribution in [0.15, 0.2) is 76.5 Å². The predicted octanol–water partition coefficient (Wildman–Crippen LogP) is 6.57. The van der Waals surface area contributed by atoms with Gasteiger partial charge >= 0.3 is 0 Å². The van der Waals surface area contributed by atoms with Gasteiger partial charge in [0.2, 0.25) is 0 Å². The summed E-state index contributed by atoms with van der Waals surface area (Å²) in [4.78, 5) is 2.49. The standard InChI is InChI=1S/C22H22N2S2/c1-15-5-4-6-19(14-15)24-22(25)23-18-8-10-20(11-9-18)26-21-12-7-16(2)13-17(21)3/h4-14H,1-3H3,(H2,23,24,25). The van der Waals surface area contributed by atoms with E-state index in [1.165, 1.54) is 26.5 Å². The fourth-order valence-corrected chi connectivity index (χ4v) is 3.78. The Morgan fingerprint density at radius 2 is 1.46 bits per heavy atom. The Hall–Kier alpha value is -2.30. The van der Waals surface area contributed by atoms with Crippen LogP contribution in [0.4, 0.5) is 11.4 Å². The highest BCUT2D eigenvalue weighted by Gasteiger charge is 2.03. The van der Waals surface area contributed by atoms with Crippen molar-refractivity contribution in [3.63, 3.8) is 0 Å². The lowest BCUT2D eigenvalue weighted by atomic mass is 10.2. The van der Waals surface area contributed by atoms with E-state index in [1.807, 2.05) is 12.1 Å². The Labute approximate surface area is 165 Å². The lowest BCUT2D eigenvalue weighted by Gasteiger charge is -2.12. The Bertz CT molecular complexity index is 918.